The number of imidazole rings is 1. The molecule has 5 nitrogen and oxygen atoms in total. The van der Waals surface area contributed by atoms with Gasteiger partial charge in [0.25, 0.3) is 0 Å². The van der Waals surface area contributed by atoms with Crippen molar-refractivity contribution in [1.82, 2.24) is 9.97 Å². The highest BCUT2D eigenvalue weighted by Crippen LogP contribution is 2.38. The van der Waals surface area contributed by atoms with Gasteiger partial charge in [0.05, 0.1) is 28.2 Å². The van der Waals surface area contributed by atoms with Crippen LogP contribution in [0, 0.1) is 11.3 Å². The summed E-state index contributed by atoms with van der Waals surface area (Å²) in [5, 5.41) is 9.70. The molecular weight excluding hydrogens is 522 g/mol. The molecule has 0 saturated heterocycles. The maximum atomic E-state index is 9.70. The number of rotatable bonds is 6. The third kappa shape index (κ3) is 4.82. The second-order valence-electron chi connectivity index (χ2n) is 6.72. The van der Waals surface area contributed by atoms with E-state index in [4.69, 9.17) is 9.47 Å². The Balaban J connectivity index is 1.63. The molecule has 0 aliphatic carbocycles. The molecule has 0 spiro atoms. The van der Waals surface area contributed by atoms with Crippen LogP contribution in [-0.4, -0.2) is 17.1 Å². The van der Waals surface area contributed by atoms with Gasteiger partial charge in [-0.2, -0.15) is 5.26 Å². The summed E-state index contributed by atoms with van der Waals surface area (Å²) in [7, 11) is 1.59. The van der Waals surface area contributed by atoms with Crippen LogP contribution in [0.25, 0.3) is 22.7 Å². The lowest BCUT2D eigenvalue weighted by molar-refractivity contribution is 0.282. The van der Waals surface area contributed by atoms with E-state index >= 15 is 0 Å². The van der Waals surface area contributed by atoms with Gasteiger partial charge in [-0.05, 0) is 69.5 Å². The molecule has 4 rings (SSSR count). The average molecular weight is 539 g/mol. The molecule has 0 unspecified atom stereocenters. The number of H-pyrrole nitrogens is 1. The van der Waals surface area contributed by atoms with E-state index in [2.05, 4.69) is 47.9 Å². The van der Waals surface area contributed by atoms with Crippen LogP contribution in [0.4, 0.5) is 0 Å². The molecule has 154 valence electrons. The van der Waals surface area contributed by atoms with Gasteiger partial charge in [-0.3, -0.25) is 0 Å². The van der Waals surface area contributed by atoms with Crippen LogP contribution < -0.4 is 9.47 Å². The van der Waals surface area contributed by atoms with Crippen molar-refractivity contribution in [3.63, 3.8) is 0 Å². The Hall–Kier alpha value is -3.08. The quantitative estimate of drug-likeness (QED) is 0.276. The molecule has 1 heterocycles. The molecule has 0 fully saturated rings. The first-order valence-electron chi connectivity index (χ1n) is 9.39. The van der Waals surface area contributed by atoms with Crippen molar-refractivity contribution in [3.05, 3.63) is 86.6 Å². The standard InChI is InChI=1S/C24H17Br2N3O2/c1-30-22-12-16(10-17(13-27)24-28-20-4-2-3-5-21(20)29-24)11-19(26)23(22)31-14-15-6-8-18(25)9-7-15/h2-12H,14H2,1H3,(H,28,29)/b17-10+. The zero-order valence-corrected chi connectivity index (χ0v) is 19.7. The zero-order valence-electron chi connectivity index (χ0n) is 16.5. The summed E-state index contributed by atoms with van der Waals surface area (Å²) < 4.78 is 13.3. The molecule has 0 amide bonds. The van der Waals surface area contributed by atoms with E-state index in [1.807, 2.05) is 60.7 Å². The summed E-state index contributed by atoms with van der Waals surface area (Å²) in [6, 6.07) is 21.6. The SMILES string of the molecule is COc1cc(/C=C(\C#N)c2nc3ccccc3[nH]2)cc(Br)c1OCc1ccc(Br)cc1. The molecule has 0 aliphatic rings. The number of para-hydroxylation sites is 2. The second kappa shape index (κ2) is 9.38. The Morgan fingerprint density at radius 3 is 2.61 bits per heavy atom. The summed E-state index contributed by atoms with van der Waals surface area (Å²) >= 11 is 7.00. The van der Waals surface area contributed by atoms with Crippen molar-refractivity contribution in [2.45, 2.75) is 6.61 Å². The van der Waals surface area contributed by atoms with Crippen molar-refractivity contribution in [1.29, 1.82) is 5.26 Å². The Kier molecular flexibility index (Phi) is 6.40. The minimum atomic E-state index is 0.403. The molecule has 0 radical (unpaired) electrons. The number of hydrogen-bond acceptors (Lipinski definition) is 4. The molecule has 0 atom stereocenters. The van der Waals surface area contributed by atoms with Crippen LogP contribution in [0.1, 0.15) is 17.0 Å². The number of fused-ring (bicyclic) bond motifs is 1. The zero-order chi connectivity index (χ0) is 21.8. The van der Waals surface area contributed by atoms with E-state index in [0.29, 0.717) is 29.5 Å². The Labute approximate surface area is 196 Å². The highest BCUT2D eigenvalue weighted by Gasteiger charge is 2.13. The van der Waals surface area contributed by atoms with E-state index in [1.165, 1.54) is 0 Å². The van der Waals surface area contributed by atoms with Gasteiger partial charge in [0, 0.05) is 4.47 Å². The van der Waals surface area contributed by atoms with E-state index in [0.717, 1.165) is 31.1 Å². The van der Waals surface area contributed by atoms with Crippen LogP contribution >= 0.6 is 31.9 Å². The number of halogens is 2. The van der Waals surface area contributed by atoms with Gasteiger partial charge in [0.2, 0.25) is 0 Å². The molecular formula is C24H17Br2N3O2. The van der Waals surface area contributed by atoms with E-state index in [1.54, 1.807) is 13.2 Å². The fourth-order valence-corrected chi connectivity index (χ4v) is 3.94. The highest BCUT2D eigenvalue weighted by atomic mass is 79.9. The molecule has 1 N–H and O–H groups in total. The number of nitrogens with zero attached hydrogens (tertiary/aromatic N) is 2. The largest absolute Gasteiger partial charge is 0.493 e. The molecule has 0 aliphatic heterocycles. The fraction of sp³-hybridized carbons (Fsp3) is 0.0833. The monoisotopic (exact) mass is 537 g/mol. The van der Waals surface area contributed by atoms with Crippen molar-refractivity contribution in [2.24, 2.45) is 0 Å². The lowest BCUT2D eigenvalue weighted by atomic mass is 10.1. The van der Waals surface area contributed by atoms with Crippen molar-refractivity contribution in [2.75, 3.05) is 7.11 Å². The number of benzene rings is 3. The first kappa shape index (κ1) is 21.2. The summed E-state index contributed by atoms with van der Waals surface area (Å²) in [6.45, 7) is 0.403. The van der Waals surface area contributed by atoms with Gasteiger partial charge in [-0.15, -0.1) is 0 Å². The maximum absolute atomic E-state index is 9.70. The van der Waals surface area contributed by atoms with Gasteiger partial charge < -0.3 is 14.5 Å². The number of aromatic amines is 1. The van der Waals surface area contributed by atoms with Crippen molar-refractivity contribution >= 4 is 54.5 Å². The molecule has 4 aromatic rings. The fourth-order valence-electron chi connectivity index (χ4n) is 3.10. The molecule has 31 heavy (non-hydrogen) atoms. The van der Waals surface area contributed by atoms with Crippen molar-refractivity contribution < 1.29 is 9.47 Å². The van der Waals surface area contributed by atoms with Gasteiger partial charge in [0.15, 0.2) is 11.5 Å². The van der Waals surface area contributed by atoms with E-state index in [-0.39, 0.29) is 0 Å². The first-order chi connectivity index (χ1) is 15.1. The molecule has 0 saturated carbocycles. The molecule has 3 aromatic carbocycles. The predicted molar refractivity (Wildman–Crippen MR) is 129 cm³/mol. The number of nitrogens with one attached hydrogen (secondary N) is 1. The smallest absolute Gasteiger partial charge is 0.175 e. The average Bonchev–Trinajstić information content (AvgIpc) is 3.21. The van der Waals surface area contributed by atoms with Crippen LogP contribution in [0.3, 0.4) is 0 Å². The summed E-state index contributed by atoms with van der Waals surface area (Å²) in [5.41, 5.74) is 3.95. The van der Waals surface area contributed by atoms with Gasteiger partial charge >= 0.3 is 0 Å². The van der Waals surface area contributed by atoms with Gasteiger partial charge in [-0.25, -0.2) is 4.98 Å². The Bertz CT molecular complexity index is 1270. The normalized spacial score (nSPS) is 11.4. The van der Waals surface area contributed by atoms with E-state index < -0.39 is 0 Å². The van der Waals surface area contributed by atoms with Gasteiger partial charge in [-0.1, -0.05) is 40.2 Å². The van der Waals surface area contributed by atoms with Gasteiger partial charge in [0.1, 0.15) is 18.5 Å². The predicted octanol–water partition coefficient (Wildman–Crippen LogP) is 6.74. The van der Waals surface area contributed by atoms with Crippen LogP contribution in [-0.2, 0) is 6.61 Å². The topological polar surface area (TPSA) is 70.9 Å². The number of allylic oxidation sites excluding steroid dienone is 1. The number of nitriles is 1. The van der Waals surface area contributed by atoms with Crippen LogP contribution in [0.15, 0.2) is 69.6 Å². The Morgan fingerprint density at radius 1 is 1.13 bits per heavy atom. The highest BCUT2D eigenvalue weighted by molar-refractivity contribution is 9.10. The maximum Gasteiger partial charge on any atom is 0.175 e. The minimum absolute atomic E-state index is 0.403. The number of methoxy groups -OCH3 is 1. The molecule has 1 aromatic heterocycles. The lowest BCUT2D eigenvalue weighted by Crippen LogP contribution is -1.99. The van der Waals surface area contributed by atoms with Crippen LogP contribution in [0.5, 0.6) is 11.5 Å². The van der Waals surface area contributed by atoms with Crippen LogP contribution in [0.2, 0.25) is 0 Å². The lowest BCUT2D eigenvalue weighted by Gasteiger charge is -2.14. The third-order valence-corrected chi connectivity index (χ3v) is 5.74. The van der Waals surface area contributed by atoms with Crippen molar-refractivity contribution in [3.8, 4) is 17.6 Å². The summed E-state index contributed by atoms with van der Waals surface area (Å²) in [6.07, 6.45) is 1.77. The number of ether oxygens (including phenoxy) is 2. The van der Waals surface area contributed by atoms with E-state index in [9.17, 15) is 5.26 Å². The summed E-state index contributed by atoms with van der Waals surface area (Å²) in [4.78, 5) is 7.71. The number of aromatic nitrogens is 2. The first-order valence-corrected chi connectivity index (χ1v) is 11.0. The second-order valence-corrected chi connectivity index (χ2v) is 8.49. The Morgan fingerprint density at radius 2 is 1.90 bits per heavy atom. The number of hydrogen-bond donors (Lipinski definition) is 1. The molecule has 0 bridgehead atoms. The molecule has 7 heteroatoms. The summed E-state index contributed by atoms with van der Waals surface area (Å²) in [5.74, 6) is 1.69. The minimum Gasteiger partial charge on any atom is -0.493 e. The third-order valence-electron chi connectivity index (χ3n) is 4.62.